The van der Waals surface area contributed by atoms with Gasteiger partial charge in [0.15, 0.2) is 0 Å². The Labute approximate surface area is 253 Å². The van der Waals surface area contributed by atoms with Gasteiger partial charge in [0.2, 0.25) is 0 Å². The predicted molar refractivity (Wildman–Crippen MR) is 153 cm³/mol. The van der Waals surface area contributed by atoms with Gasteiger partial charge >= 0.3 is 11.9 Å². The van der Waals surface area contributed by atoms with Crippen molar-refractivity contribution in [2.45, 2.75) is 74.3 Å². The standard InChI is InChI=1S/C33H45NO9/c1-18(35)43-32-15-22(40-5)31(37)14-20(23(32)28(31)42-29(36)19-10-8-7-9-11-19)33-21(39-4)12-13-30(17-38-3)16-34(2)27(33)24(32)25(41-6)26(30)33/h7-11,20-28,37H,12-17H2,1-6H3/t20-,21+,22+,23+,24+,25+,26-,27-,28-,30-,31+,32-,33+/m0/s1. The van der Waals surface area contributed by atoms with E-state index < -0.39 is 46.7 Å². The number of hydrogen-bond acceptors (Lipinski definition) is 10. The van der Waals surface area contributed by atoms with Gasteiger partial charge in [-0.25, -0.2) is 4.79 Å². The van der Waals surface area contributed by atoms with E-state index in [9.17, 15) is 14.7 Å². The number of piperidine rings is 1. The van der Waals surface area contributed by atoms with E-state index in [2.05, 4.69) is 11.9 Å². The highest BCUT2D eigenvalue weighted by molar-refractivity contribution is 5.89. The van der Waals surface area contributed by atoms with Crippen LogP contribution in [0.4, 0.5) is 0 Å². The van der Waals surface area contributed by atoms with E-state index in [4.69, 9.17) is 28.4 Å². The molecule has 7 bridgehead atoms. The molecule has 1 aromatic carbocycles. The SMILES string of the molecule is COC[C@@]12CC[C@@H](OC)[C@@]34[C@H]([C@@H]([C@@H](OC)[C@@H]13)[C@]1(OC(C)=O)C[C@@H](OC)[C@]3(O)C[C@H]4[C@@H]1[C@@H]3OC(=O)c1ccccc1)N(C)C2. The molecule has 0 radical (unpaired) electrons. The van der Waals surface area contributed by atoms with Gasteiger partial charge in [-0.2, -0.15) is 0 Å². The molecule has 5 aliphatic carbocycles. The lowest BCUT2D eigenvalue weighted by Gasteiger charge is -2.69. The number of likely N-dealkylation sites (tertiary alicyclic amines) is 1. The molecule has 1 spiro atoms. The summed E-state index contributed by atoms with van der Waals surface area (Å²) in [5, 5.41) is 12.7. The van der Waals surface area contributed by atoms with Gasteiger partial charge in [-0.05, 0) is 44.4 Å². The van der Waals surface area contributed by atoms with E-state index >= 15 is 0 Å². The molecular weight excluding hydrogens is 554 g/mol. The number of esters is 2. The summed E-state index contributed by atoms with van der Waals surface area (Å²) in [6.45, 7) is 2.82. The van der Waals surface area contributed by atoms with Gasteiger partial charge in [0.1, 0.15) is 17.3 Å². The van der Waals surface area contributed by atoms with Gasteiger partial charge in [-0.15, -0.1) is 0 Å². The van der Waals surface area contributed by atoms with Gasteiger partial charge in [-0.3, -0.25) is 4.79 Å². The van der Waals surface area contributed by atoms with Crippen molar-refractivity contribution in [3.05, 3.63) is 35.9 Å². The largest absolute Gasteiger partial charge is 0.458 e. The molecule has 1 saturated heterocycles. The molecule has 6 fully saturated rings. The topological polar surface area (TPSA) is 113 Å². The lowest BCUT2D eigenvalue weighted by atomic mass is 9.43. The summed E-state index contributed by atoms with van der Waals surface area (Å²) >= 11 is 0. The van der Waals surface area contributed by atoms with Crippen molar-refractivity contribution in [1.29, 1.82) is 0 Å². The van der Waals surface area contributed by atoms with Crippen LogP contribution in [0.25, 0.3) is 0 Å². The number of fused-ring (bicyclic) bond motifs is 2. The van der Waals surface area contributed by atoms with Gasteiger partial charge in [-0.1, -0.05) is 18.2 Å². The molecule has 5 saturated carbocycles. The fraction of sp³-hybridized carbons (Fsp3) is 0.758. The number of carbonyl (C=O) groups is 2. The third-order valence-electron chi connectivity index (χ3n) is 12.7. The second kappa shape index (κ2) is 9.96. The molecule has 0 unspecified atom stereocenters. The number of aliphatic hydroxyl groups is 1. The normalized spacial score (nSPS) is 49.0. The number of hydrogen-bond donors (Lipinski definition) is 1. The summed E-state index contributed by atoms with van der Waals surface area (Å²) in [7, 11) is 9.01. The van der Waals surface area contributed by atoms with Crippen LogP contribution in [0.1, 0.15) is 43.0 Å². The minimum Gasteiger partial charge on any atom is -0.458 e. The van der Waals surface area contributed by atoms with Crippen LogP contribution in [0.5, 0.6) is 0 Å². The van der Waals surface area contributed by atoms with Crippen LogP contribution >= 0.6 is 0 Å². The smallest absolute Gasteiger partial charge is 0.338 e. The number of benzene rings is 1. The molecule has 6 aliphatic rings. The number of carbonyl (C=O) groups excluding carboxylic acids is 2. The Kier molecular flexibility index (Phi) is 6.86. The molecule has 1 aliphatic heterocycles. The zero-order valence-corrected chi connectivity index (χ0v) is 26.0. The predicted octanol–water partition coefficient (Wildman–Crippen LogP) is 2.32. The van der Waals surface area contributed by atoms with Crippen LogP contribution in [0.15, 0.2) is 30.3 Å². The highest BCUT2D eigenvalue weighted by Gasteiger charge is 2.89. The number of ether oxygens (including phenoxy) is 6. The summed E-state index contributed by atoms with van der Waals surface area (Å²) in [4.78, 5) is 29.2. The first-order chi connectivity index (χ1) is 20.6. The maximum absolute atomic E-state index is 13.7. The van der Waals surface area contributed by atoms with Gasteiger partial charge < -0.3 is 38.4 Å². The Balaban J connectivity index is 1.48. The Morgan fingerprint density at radius 1 is 1.00 bits per heavy atom. The van der Waals surface area contributed by atoms with Crippen LogP contribution in [-0.2, 0) is 33.2 Å². The zero-order valence-electron chi connectivity index (χ0n) is 26.0. The maximum Gasteiger partial charge on any atom is 0.338 e. The lowest BCUT2D eigenvalue weighted by molar-refractivity contribution is -0.285. The molecule has 236 valence electrons. The molecule has 1 heterocycles. The van der Waals surface area contributed by atoms with E-state index in [0.717, 1.165) is 19.4 Å². The van der Waals surface area contributed by atoms with Crippen molar-refractivity contribution in [3.8, 4) is 0 Å². The van der Waals surface area contributed by atoms with E-state index in [-0.39, 0.29) is 47.8 Å². The Bertz CT molecular complexity index is 1280. The number of rotatable bonds is 8. The molecule has 43 heavy (non-hydrogen) atoms. The number of nitrogens with zero attached hydrogens (tertiary/aromatic N) is 1. The van der Waals surface area contributed by atoms with Crippen LogP contribution in [-0.4, -0.2) is 112 Å². The third kappa shape index (κ3) is 3.51. The van der Waals surface area contributed by atoms with Crippen molar-refractivity contribution < 1.29 is 43.1 Å². The zero-order chi connectivity index (χ0) is 30.5. The highest BCUT2D eigenvalue weighted by atomic mass is 16.6. The highest BCUT2D eigenvalue weighted by Crippen LogP contribution is 2.80. The summed E-state index contributed by atoms with van der Waals surface area (Å²) in [5.74, 6) is -1.87. The van der Waals surface area contributed by atoms with Crippen molar-refractivity contribution in [2.24, 2.45) is 34.5 Å². The van der Waals surface area contributed by atoms with Gasteiger partial charge in [0.05, 0.1) is 30.5 Å². The van der Waals surface area contributed by atoms with Crippen molar-refractivity contribution in [1.82, 2.24) is 4.90 Å². The van der Waals surface area contributed by atoms with Crippen molar-refractivity contribution in [2.75, 3.05) is 48.6 Å². The fourth-order valence-electron chi connectivity index (χ4n) is 12.2. The Hall–Kier alpha value is -2.08. The first-order valence-corrected chi connectivity index (χ1v) is 15.5. The summed E-state index contributed by atoms with van der Waals surface area (Å²) < 4.78 is 38.0. The monoisotopic (exact) mass is 599 g/mol. The quantitative estimate of drug-likeness (QED) is 0.447. The average molecular weight is 600 g/mol. The second-order valence-corrected chi connectivity index (χ2v) is 14.1. The first kappa shape index (κ1) is 29.6. The molecule has 0 amide bonds. The molecule has 13 atom stereocenters. The minimum absolute atomic E-state index is 0.0201. The van der Waals surface area contributed by atoms with E-state index in [1.165, 1.54) is 6.92 Å². The van der Waals surface area contributed by atoms with Crippen LogP contribution in [0.3, 0.4) is 0 Å². The van der Waals surface area contributed by atoms with Gasteiger partial charge in [0.25, 0.3) is 0 Å². The van der Waals surface area contributed by atoms with E-state index in [1.54, 1.807) is 52.7 Å². The maximum atomic E-state index is 13.7. The van der Waals surface area contributed by atoms with Gasteiger partial charge in [0, 0.05) is 83.0 Å². The van der Waals surface area contributed by atoms with Crippen LogP contribution in [0.2, 0.25) is 0 Å². The Morgan fingerprint density at radius 2 is 1.72 bits per heavy atom. The molecule has 7 rings (SSSR count). The van der Waals surface area contributed by atoms with Crippen molar-refractivity contribution in [3.63, 3.8) is 0 Å². The Morgan fingerprint density at radius 3 is 2.35 bits per heavy atom. The molecule has 1 aromatic rings. The van der Waals surface area contributed by atoms with Crippen LogP contribution < -0.4 is 0 Å². The molecule has 1 N–H and O–H groups in total. The average Bonchev–Trinajstić information content (AvgIpc) is 3.37. The summed E-state index contributed by atoms with van der Waals surface area (Å²) in [6, 6.07) is 8.77. The van der Waals surface area contributed by atoms with Crippen LogP contribution in [0, 0.1) is 34.5 Å². The van der Waals surface area contributed by atoms with E-state index in [0.29, 0.717) is 18.6 Å². The van der Waals surface area contributed by atoms with E-state index in [1.807, 2.05) is 6.07 Å². The summed E-state index contributed by atoms with van der Waals surface area (Å²) in [6.07, 6.45) is 0.272. The molecule has 10 nitrogen and oxygen atoms in total. The lowest BCUT2D eigenvalue weighted by Crippen LogP contribution is -2.77. The second-order valence-electron chi connectivity index (χ2n) is 14.1. The molecule has 0 aromatic heterocycles. The fourth-order valence-corrected chi connectivity index (χ4v) is 12.2. The third-order valence-corrected chi connectivity index (χ3v) is 12.7. The molecular formula is C33H45NO9. The minimum atomic E-state index is -1.48. The van der Waals surface area contributed by atoms with Crippen molar-refractivity contribution >= 4 is 11.9 Å². The number of methoxy groups -OCH3 is 4. The molecule has 10 heteroatoms. The first-order valence-electron chi connectivity index (χ1n) is 15.5. The summed E-state index contributed by atoms with van der Waals surface area (Å²) in [5.41, 5.74) is -2.88.